The Balaban J connectivity index is 1.96. The Morgan fingerprint density at radius 1 is 1.50 bits per heavy atom. The van der Waals surface area contributed by atoms with Crippen LogP contribution in [-0.4, -0.2) is 19.2 Å². The van der Waals surface area contributed by atoms with E-state index in [9.17, 15) is 4.79 Å². The van der Waals surface area contributed by atoms with E-state index in [0.29, 0.717) is 0 Å². The number of para-hydroxylation sites is 1. The fraction of sp³-hybridized carbons (Fsp3) is 0.333. The molecular formula is C12H14N2O2. The van der Waals surface area contributed by atoms with Gasteiger partial charge in [0.15, 0.2) is 0 Å². The second-order valence-electron chi connectivity index (χ2n) is 3.75. The van der Waals surface area contributed by atoms with Gasteiger partial charge >= 0.3 is 0 Å². The molecule has 0 unspecified atom stereocenters. The van der Waals surface area contributed by atoms with Gasteiger partial charge < -0.3 is 4.74 Å². The van der Waals surface area contributed by atoms with Gasteiger partial charge in [-0.3, -0.25) is 4.79 Å². The quantitative estimate of drug-likeness (QED) is 0.616. The Hall–Kier alpha value is -1.84. The molecule has 0 atom stereocenters. The summed E-state index contributed by atoms with van der Waals surface area (Å²) >= 11 is 0. The number of hydrogen-bond acceptors (Lipinski definition) is 3. The highest BCUT2D eigenvalue weighted by Crippen LogP contribution is 2.28. The fourth-order valence-electron chi connectivity index (χ4n) is 1.38. The zero-order chi connectivity index (χ0) is 11.4. The summed E-state index contributed by atoms with van der Waals surface area (Å²) in [5.74, 6) is 0.924. The monoisotopic (exact) mass is 218 g/mol. The number of rotatable bonds is 4. The maximum Gasteiger partial charge on any atom is 0.243 e. The first-order valence-electron chi connectivity index (χ1n) is 5.27. The number of methoxy groups -OCH3 is 1. The van der Waals surface area contributed by atoms with Crippen molar-refractivity contribution in [2.24, 2.45) is 11.0 Å². The minimum absolute atomic E-state index is 0.00569. The molecule has 1 aliphatic rings. The minimum atomic E-state index is 0.00569. The van der Waals surface area contributed by atoms with Gasteiger partial charge in [-0.05, 0) is 25.0 Å². The highest BCUT2D eigenvalue weighted by atomic mass is 16.5. The maximum absolute atomic E-state index is 11.3. The van der Waals surface area contributed by atoms with Crippen molar-refractivity contribution in [1.82, 2.24) is 5.43 Å². The van der Waals surface area contributed by atoms with Crippen molar-refractivity contribution in [3.8, 4) is 5.75 Å². The number of carbonyl (C=O) groups excluding carboxylic acids is 1. The van der Waals surface area contributed by atoms with Crippen LogP contribution >= 0.6 is 0 Å². The van der Waals surface area contributed by atoms with E-state index < -0.39 is 0 Å². The maximum atomic E-state index is 11.3. The zero-order valence-corrected chi connectivity index (χ0v) is 9.14. The molecule has 1 saturated carbocycles. The second-order valence-corrected chi connectivity index (χ2v) is 3.75. The van der Waals surface area contributed by atoms with Crippen LogP contribution in [0.2, 0.25) is 0 Å². The predicted octanol–water partition coefficient (Wildman–Crippen LogP) is 1.56. The molecule has 1 aliphatic carbocycles. The normalized spacial score (nSPS) is 15.1. The van der Waals surface area contributed by atoms with Gasteiger partial charge in [-0.1, -0.05) is 12.1 Å². The molecule has 1 N–H and O–H groups in total. The summed E-state index contributed by atoms with van der Waals surface area (Å²) in [7, 11) is 1.61. The van der Waals surface area contributed by atoms with E-state index in [1.807, 2.05) is 24.3 Å². The Morgan fingerprint density at radius 3 is 2.94 bits per heavy atom. The highest BCUT2D eigenvalue weighted by molar-refractivity contribution is 5.86. The average Bonchev–Trinajstić information content (AvgIpc) is 3.13. The molecule has 0 bridgehead atoms. The van der Waals surface area contributed by atoms with E-state index in [1.54, 1.807) is 13.3 Å². The molecule has 0 radical (unpaired) electrons. The Morgan fingerprint density at radius 2 is 2.25 bits per heavy atom. The third kappa shape index (κ3) is 2.59. The molecule has 0 aromatic heterocycles. The van der Waals surface area contributed by atoms with E-state index in [1.165, 1.54) is 0 Å². The Bertz CT molecular complexity index is 411. The topological polar surface area (TPSA) is 50.7 Å². The third-order valence-corrected chi connectivity index (χ3v) is 2.47. The fourth-order valence-corrected chi connectivity index (χ4v) is 1.38. The van der Waals surface area contributed by atoms with E-state index in [-0.39, 0.29) is 11.8 Å². The van der Waals surface area contributed by atoms with E-state index in [2.05, 4.69) is 10.5 Å². The predicted molar refractivity (Wildman–Crippen MR) is 61.5 cm³/mol. The second kappa shape index (κ2) is 4.79. The smallest absolute Gasteiger partial charge is 0.243 e. The lowest BCUT2D eigenvalue weighted by Crippen LogP contribution is -2.18. The van der Waals surface area contributed by atoms with Gasteiger partial charge in [0.25, 0.3) is 0 Å². The van der Waals surface area contributed by atoms with Crippen LogP contribution in [-0.2, 0) is 4.79 Å². The van der Waals surface area contributed by atoms with Crippen LogP contribution in [0.3, 0.4) is 0 Å². The highest BCUT2D eigenvalue weighted by Gasteiger charge is 2.29. The van der Waals surface area contributed by atoms with Crippen molar-refractivity contribution in [1.29, 1.82) is 0 Å². The molecule has 0 heterocycles. The molecule has 0 saturated heterocycles. The molecule has 1 aromatic carbocycles. The van der Waals surface area contributed by atoms with Crippen LogP contribution in [0.4, 0.5) is 0 Å². The molecule has 1 fully saturated rings. The van der Waals surface area contributed by atoms with Crippen molar-refractivity contribution < 1.29 is 9.53 Å². The van der Waals surface area contributed by atoms with Crippen LogP contribution in [0.15, 0.2) is 29.4 Å². The molecule has 0 spiro atoms. The van der Waals surface area contributed by atoms with Crippen molar-refractivity contribution in [3.05, 3.63) is 29.8 Å². The Labute approximate surface area is 94.3 Å². The van der Waals surface area contributed by atoms with Crippen molar-refractivity contribution in [2.45, 2.75) is 12.8 Å². The summed E-state index contributed by atoms with van der Waals surface area (Å²) < 4.78 is 5.16. The molecule has 4 nitrogen and oxygen atoms in total. The average molecular weight is 218 g/mol. The van der Waals surface area contributed by atoms with E-state index in [4.69, 9.17) is 4.74 Å². The molecule has 4 heteroatoms. The van der Waals surface area contributed by atoms with Gasteiger partial charge in [-0.15, -0.1) is 0 Å². The van der Waals surface area contributed by atoms with Crippen molar-refractivity contribution in [2.75, 3.05) is 7.11 Å². The number of ether oxygens (including phenoxy) is 1. The summed E-state index contributed by atoms with van der Waals surface area (Å²) in [5, 5.41) is 3.91. The molecule has 1 aromatic rings. The number of nitrogens with zero attached hydrogens (tertiary/aromatic N) is 1. The van der Waals surface area contributed by atoms with E-state index >= 15 is 0 Å². The first-order chi connectivity index (χ1) is 7.81. The zero-order valence-electron chi connectivity index (χ0n) is 9.14. The third-order valence-electron chi connectivity index (χ3n) is 2.47. The lowest BCUT2D eigenvalue weighted by molar-refractivity contribution is -0.122. The van der Waals surface area contributed by atoms with Crippen LogP contribution in [0, 0.1) is 5.92 Å². The number of benzene rings is 1. The molecular weight excluding hydrogens is 204 g/mol. The van der Waals surface area contributed by atoms with Gasteiger partial charge in [0.2, 0.25) is 5.91 Å². The SMILES string of the molecule is COc1ccccc1/C=N\NC(=O)C1CC1. The van der Waals surface area contributed by atoms with Crippen LogP contribution in [0.5, 0.6) is 5.75 Å². The Kier molecular flexibility index (Phi) is 3.19. The number of hydrazone groups is 1. The molecule has 2 rings (SSSR count). The first kappa shape index (κ1) is 10.7. The van der Waals surface area contributed by atoms with Crippen LogP contribution in [0.1, 0.15) is 18.4 Å². The molecule has 0 aliphatic heterocycles. The van der Waals surface area contributed by atoms with Crippen LogP contribution in [0.25, 0.3) is 0 Å². The van der Waals surface area contributed by atoms with Gasteiger partial charge in [0.05, 0.1) is 13.3 Å². The van der Waals surface area contributed by atoms with E-state index in [0.717, 1.165) is 24.2 Å². The molecule has 16 heavy (non-hydrogen) atoms. The number of carbonyl (C=O) groups is 1. The van der Waals surface area contributed by atoms with Crippen molar-refractivity contribution in [3.63, 3.8) is 0 Å². The van der Waals surface area contributed by atoms with Crippen LogP contribution < -0.4 is 10.2 Å². The van der Waals surface area contributed by atoms with Gasteiger partial charge in [-0.25, -0.2) is 5.43 Å². The van der Waals surface area contributed by atoms with Gasteiger partial charge in [0.1, 0.15) is 5.75 Å². The lowest BCUT2D eigenvalue weighted by atomic mass is 10.2. The number of amides is 1. The summed E-state index contributed by atoms with van der Waals surface area (Å²) in [6, 6.07) is 7.52. The summed E-state index contributed by atoms with van der Waals surface area (Å²) in [6.45, 7) is 0. The lowest BCUT2D eigenvalue weighted by Gasteiger charge is -2.02. The summed E-state index contributed by atoms with van der Waals surface area (Å²) in [4.78, 5) is 11.3. The molecule has 84 valence electrons. The largest absolute Gasteiger partial charge is 0.496 e. The number of nitrogens with one attached hydrogen (secondary N) is 1. The van der Waals surface area contributed by atoms with Gasteiger partial charge in [0, 0.05) is 11.5 Å². The standard InChI is InChI=1S/C12H14N2O2/c1-16-11-5-3-2-4-10(11)8-13-14-12(15)9-6-7-9/h2-5,8-9H,6-7H2,1H3,(H,14,15)/b13-8-. The first-order valence-corrected chi connectivity index (χ1v) is 5.27. The number of hydrogen-bond donors (Lipinski definition) is 1. The minimum Gasteiger partial charge on any atom is -0.496 e. The molecule has 1 amide bonds. The van der Waals surface area contributed by atoms with Crippen molar-refractivity contribution >= 4 is 12.1 Å². The summed E-state index contributed by atoms with van der Waals surface area (Å²) in [6.07, 6.45) is 3.56. The van der Waals surface area contributed by atoms with Gasteiger partial charge in [-0.2, -0.15) is 5.10 Å². The summed E-state index contributed by atoms with van der Waals surface area (Å²) in [5.41, 5.74) is 3.37.